The van der Waals surface area contributed by atoms with Crippen molar-refractivity contribution >= 4 is 28.2 Å². The number of amides is 1. The predicted molar refractivity (Wildman–Crippen MR) is 65.6 cm³/mol. The van der Waals surface area contributed by atoms with Gasteiger partial charge in [-0.15, -0.1) is 12.4 Å². The molecule has 1 heterocycles. The molecule has 0 aromatic heterocycles. The first-order chi connectivity index (χ1) is 6.91. The van der Waals surface area contributed by atoms with Crippen LogP contribution >= 0.6 is 12.4 Å². The average Bonchev–Trinajstić information content (AvgIpc) is 2.16. The van der Waals surface area contributed by atoms with Gasteiger partial charge in [0, 0.05) is 18.8 Å². The maximum atomic E-state index is 11.5. The van der Waals surface area contributed by atoms with E-state index in [0.717, 1.165) is 32.2 Å². The molecule has 0 aromatic carbocycles. The minimum absolute atomic E-state index is 0. The molecule has 0 spiro atoms. The minimum atomic E-state index is -3.29. The van der Waals surface area contributed by atoms with E-state index in [1.165, 1.54) is 6.92 Å². The van der Waals surface area contributed by atoms with Gasteiger partial charge < -0.3 is 10.6 Å². The van der Waals surface area contributed by atoms with Gasteiger partial charge in [0.05, 0.1) is 0 Å². The Balaban J connectivity index is 0.00000225. The summed E-state index contributed by atoms with van der Waals surface area (Å²) in [7, 11) is -3.29. The van der Waals surface area contributed by atoms with E-state index in [1.807, 2.05) is 0 Å². The fraction of sp³-hybridized carbons (Fsp3) is 0.889. The van der Waals surface area contributed by atoms with Crippen molar-refractivity contribution in [3.8, 4) is 0 Å². The van der Waals surface area contributed by atoms with Gasteiger partial charge in [0.15, 0.2) is 9.84 Å². The van der Waals surface area contributed by atoms with Crippen LogP contribution in [0.15, 0.2) is 0 Å². The molecular formula is C9H19ClN2O3S. The molecule has 5 nitrogen and oxygen atoms in total. The summed E-state index contributed by atoms with van der Waals surface area (Å²) < 4.78 is 22.3. The molecule has 0 aliphatic carbocycles. The molecule has 1 aliphatic heterocycles. The standard InChI is InChI=1S/C9H18N2O3S.ClH/c1-7(15(2,13)14)9(12)11-8-4-3-5-10-6-8;/h7-8,10H,3-6H2,1-2H3,(H,11,12);1H/t7?,8-;/m1./s1. The normalized spacial score (nSPS) is 23.0. The van der Waals surface area contributed by atoms with Crippen LogP contribution in [0, 0.1) is 0 Å². The van der Waals surface area contributed by atoms with Crippen LogP contribution in [0.1, 0.15) is 19.8 Å². The molecule has 1 saturated heterocycles. The molecule has 16 heavy (non-hydrogen) atoms. The highest BCUT2D eigenvalue weighted by molar-refractivity contribution is 7.92. The molecule has 1 rings (SSSR count). The third-order valence-corrected chi connectivity index (χ3v) is 4.15. The Kier molecular flexibility index (Phi) is 6.28. The van der Waals surface area contributed by atoms with Gasteiger partial charge in [-0.2, -0.15) is 0 Å². The first kappa shape index (κ1) is 15.7. The first-order valence-corrected chi connectivity index (χ1v) is 7.06. The van der Waals surface area contributed by atoms with Crippen LogP contribution in [-0.2, 0) is 14.6 Å². The molecule has 0 saturated carbocycles. The van der Waals surface area contributed by atoms with Crippen LogP contribution in [0.5, 0.6) is 0 Å². The molecule has 2 N–H and O–H groups in total. The van der Waals surface area contributed by atoms with Crippen molar-refractivity contribution in [1.29, 1.82) is 0 Å². The Labute approximate surface area is 103 Å². The average molecular weight is 271 g/mol. The molecular weight excluding hydrogens is 252 g/mol. The number of rotatable bonds is 3. The van der Waals surface area contributed by atoms with Crippen molar-refractivity contribution < 1.29 is 13.2 Å². The summed E-state index contributed by atoms with van der Waals surface area (Å²) in [6, 6.07) is 0.0652. The highest BCUT2D eigenvalue weighted by Crippen LogP contribution is 2.04. The fourth-order valence-electron chi connectivity index (χ4n) is 1.49. The Morgan fingerprint density at radius 1 is 1.50 bits per heavy atom. The van der Waals surface area contributed by atoms with Gasteiger partial charge in [-0.25, -0.2) is 8.42 Å². The zero-order chi connectivity index (χ0) is 11.5. The van der Waals surface area contributed by atoms with E-state index < -0.39 is 21.0 Å². The molecule has 1 amide bonds. The number of hydrogen-bond donors (Lipinski definition) is 2. The second-order valence-corrected chi connectivity index (χ2v) is 6.39. The van der Waals surface area contributed by atoms with Crippen molar-refractivity contribution in [2.45, 2.75) is 31.1 Å². The van der Waals surface area contributed by atoms with Gasteiger partial charge in [0.25, 0.3) is 0 Å². The molecule has 96 valence electrons. The molecule has 1 fully saturated rings. The maximum absolute atomic E-state index is 11.5. The van der Waals surface area contributed by atoms with Crippen LogP contribution in [0.4, 0.5) is 0 Å². The lowest BCUT2D eigenvalue weighted by molar-refractivity contribution is -0.121. The number of carbonyl (C=O) groups is 1. The summed E-state index contributed by atoms with van der Waals surface area (Å²) in [6.45, 7) is 3.11. The summed E-state index contributed by atoms with van der Waals surface area (Å²) in [5.74, 6) is -0.397. The minimum Gasteiger partial charge on any atom is -0.351 e. The van der Waals surface area contributed by atoms with Crippen molar-refractivity contribution in [3.05, 3.63) is 0 Å². The maximum Gasteiger partial charge on any atom is 0.238 e. The first-order valence-electron chi connectivity index (χ1n) is 5.11. The largest absolute Gasteiger partial charge is 0.351 e. The number of sulfone groups is 1. The number of nitrogens with one attached hydrogen (secondary N) is 2. The van der Waals surface area contributed by atoms with E-state index in [1.54, 1.807) is 0 Å². The Morgan fingerprint density at radius 3 is 2.56 bits per heavy atom. The molecule has 2 atom stereocenters. The molecule has 0 radical (unpaired) electrons. The van der Waals surface area contributed by atoms with E-state index in [0.29, 0.717) is 0 Å². The van der Waals surface area contributed by atoms with Gasteiger partial charge in [-0.3, -0.25) is 4.79 Å². The molecule has 0 aromatic rings. The topological polar surface area (TPSA) is 75.3 Å². The quantitative estimate of drug-likeness (QED) is 0.739. The van der Waals surface area contributed by atoms with Crippen molar-refractivity contribution in [3.63, 3.8) is 0 Å². The number of piperidine rings is 1. The van der Waals surface area contributed by atoms with Crippen LogP contribution in [-0.4, -0.2) is 45.0 Å². The van der Waals surface area contributed by atoms with Crippen LogP contribution in [0.2, 0.25) is 0 Å². The van der Waals surface area contributed by atoms with Crippen molar-refractivity contribution in [2.75, 3.05) is 19.3 Å². The zero-order valence-corrected chi connectivity index (χ0v) is 11.2. The number of carbonyl (C=O) groups excluding carboxylic acids is 1. The monoisotopic (exact) mass is 270 g/mol. The summed E-state index contributed by atoms with van der Waals surface area (Å²) in [6.07, 6.45) is 3.00. The molecule has 1 aliphatic rings. The Morgan fingerprint density at radius 2 is 2.12 bits per heavy atom. The fourth-order valence-corrected chi connectivity index (χ4v) is 1.94. The van der Waals surface area contributed by atoms with Crippen LogP contribution in [0.25, 0.3) is 0 Å². The lowest BCUT2D eigenvalue weighted by Gasteiger charge is -2.24. The number of hydrogen-bond acceptors (Lipinski definition) is 4. The third kappa shape index (κ3) is 4.67. The highest BCUT2D eigenvalue weighted by atomic mass is 35.5. The molecule has 7 heteroatoms. The Hall–Kier alpha value is -0.330. The lowest BCUT2D eigenvalue weighted by Crippen LogP contribution is -2.49. The van der Waals surface area contributed by atoms with E-state index in [9.17, 15) is 13.2 Å². The predicted octanol–water partition coefficient (Wildman–Crippen LogP) is -0.290. The van der Waals surface area contributed by atoms with Gasteiger partial charge >= 0.3 is 0 Å². The second-order valence-electron chi connectivity index (χ2n) is 4.02. The summed E-state index contributed by atoms with van der Waals surface area (Å²) >= 11 is 0. The smallest absolute Gasteiger partial charge is 0.238 e. The third-order valence-electron chi connectivity index (χ3n) is 2.65. The van der Waals surface area contributed by atoms with Gasteiger partial charge in [0.2, 0.25) is 5.91 Å². The number of halogens is 1. The van der Waals surface area contributed by atoms with Crippen molar-refractivity contribution in [1.82, 2.24) is 10.6 Å². The lowest BCUT2D eigenvalue weighted by atomic mass is 10.1. The molecule has 0 bridgehead atoms. The van der Waals surface area contributed by atoms with E-state index >= 15 is 0 Å². The molecule has 1 unspecified atom stereocenters. The summed E-state index contributed by atoms with van der Waals surface area (Å²) in [5, 5.41) is 4.94. The summed E-state index contributed by atoms with van der Waals surface area (Å²) in [4.78, 5) is 11.5. The van der Waals surface area contributed by atoms with Crippen LogP contribution < -0.4 is 10.6 Å². The van der Waals surface area contributed by atoms with Crippen LogP contribution in [0.3, 0.4) is 0 Å². The van der Waals surface area contributed by atoms with Gasteiger partial charge in [0.1, 0.15) is 5.25 Å². The second kappa shape index (κ2) is 6.42. The highest BCUT2D eigenvalue weighted by Gasteiger charge is 2.25. The zero-order valence-electron chi connectivity index (χ0n) is 9.52. The summed E-state index contributed by atoms with van der Waals surface area (Å²) in [5.41, 5.74) is 0. The van der Waals surface area contributed by atoms with Crippen molar-refractivity contribution in [2.24, 2.45) is 0 Å². The van der Waals surface area contributed by atoms with Gasteiger partial charge in [-0.1, -0.05) is 0 Å². The SMILES string of the molecule is CC(C(=O)N[C@@H]1CCCNC1)S(C)(=O)=O.Cl. The van der Waals surface area contributed by atoms with E-state index in [2.05, 4.69) is 10.6 Å². The van der Waals surface area contributed by atoms with Gasteiger partial charge in [-0.05, 0) is 26.3 Å². The van der Waals surface area contributed by atoms with E-state index in [4.69, 9.17) is 0 Å². The van der Waals surface area contributed by atoms with E-state index in [-0.39, 0.29) is 18.4 Å². The Bertz CT molecular complexity index is 326.